The molecule has 7 nitrogen and oxygen atoms in total. The second-order valence-electron chi connectivity index (χ2n) is 7.18. The molecule has 4 rings (SSSR count). The first-order valence-corrected chi connectivity index (χ1v) is 10.5. The fourth-order valence-electron chi connectivity index (χ4n) is 3.68. The molecule has 1 aliphatic rings. The summed E-state index contributed by atoms with van der Waals surface area (Å²) in [5, 5.41) is 3.15. The lowest BCUT2D eigenvalue weighted by Crippen LogP contribution is -2.32. The van der Waals surface area contributed by atoms with Crippen molar-refractivity contribution in [2.75, 3.05) is 31.0 Å². The summed E-state index contributed by atoms with van der Waals surface area (Å²) in [6.45, 7) is 2.41. The van der Waals surface area contributed by atoms with Gasteiger partial charge in [0.25, 0.3) is 11.8 Å². The highest BCUT2D eigenvalue weighted by molar-refractivity contribution is 6.46. The molecule has 3 aromatic rings. The number of imide groups is 1. The van der Waals surface area contributed by atoms with Gasteiger partial charge in [0, 0.05) is 11.8 Å². The monoisotopic (exact) mass is 444 g/mol. The van der Waals surface area contributed by atoms with Crippen molar-refractivity contribution >= 4 is 28.8 Å². The molecule has 1 N–H and O–H groups in total. The SMILES string of the molecule is CCOc1cccc(NC2=C(c3ccc(OC)cc3)C(=O)N(c3ccccc3OC)C2=O)c1. The number of para-hydroxylation sites is 2. The molecule has 0 saturated carbocycles. The molecule has 168 valence electrons. The van der Waals surface area contributed by atoms with Crippen molar-refractivity contribution in [2.24, 2.45) is 0 Å². The van der Waals surface area contributed by atoms with Gasteiger partial charge in [0.2, 0.25) is 0 Å². The normalized spacial score (nSPS) is 13.4. The standard InChI is InChI=1S/C26H24N2O5/c1-4-33-20-9-7-8-18(16-20)27-24-23(17-12-14-19(31-2)15-13-17)25(29)28(26(24)30)21-10-5-6-11-22(21)32-3/h5-16,27H,4H2,1-3H3. The van der Waals surface area contributed by atoms with Gasteiger partial charge in [-0.15, -0.1) is 0 Å². The van der Waals surface area contributed by atoms with E-state index in [9.17, 15) is 9.59 Å². The quantitative estimate of drug-likeness (QED) is 0.516. The highest BCUT2D eigenvalue weighted by Crippen LogP contribution is 2.38. The number of hydrogen-bond acceptors (Lipinski definition) is 6. The summed E-state index contributed by atoms with van der Waals surface area (Å²) in [7, 11) is 3.07. The summed E-state index contributed by atoms with van der Waals surface area (Å²) < 4.78 is 16.2. The number of carbonyl (C=O) groups excluding carboxylic acids is 2. The van der Waals surface area contributed by atoms with Crippen LogP contribution in [0.2, 0.25) is 0 Å². The zero-order valence-electron chi connectivity index (χ0n) is 18.6. The molecule has 0 bridgehead atoms. The molecule has 0 unspecified atom stereocenters. The maximum atomic E-state index is 13.6. The third-order valence-corrected chi connectivity index (χ3v) is 5.20. The molecule has 0 saturated heterocycles. The Bertz CT molecular complexity index is 1220. The first-order chi connectivity index (χ1) is 16.1. The smallest absolute Gasteiger partial charge is 0.282 e. The maximum Gasteiger partial charge on any atom is 0.282 e. The van der Waals surface area contributed by atoms with Crippen LogP contribution >= 0.6 is 0 Å². The fraction of sp³-hybridized carbons (Fsp3) is 0.154. The highest BCUT2D eigenvalue weighted by atomic mass is 16.5. The van der Waals surface area contributed by atoms with Gasteiger partial charge < -0.3 is 19.5 Å². The molecule has 1 heterocycles. The number of ether oxygens (including phenoxy) is 3. The topological polar surface area (TPSA) is 77.1 Å². The third-order valence-electron chi connectivity index (χ3n) is 5.20. The van der Waals surface area contributed by atoms with Crippen molar-refractivity contribution in [1.29, 1.82) is 0 Å². The lowest BCUT2D eigenvalue weighted by Gasteiger charge is -2.18. The van der Waals surface area contributed by atoms with Crippen molar-refractivity contribution in [1.82, 2.24) is 0 Å². The van der Waals surface area contributed by atoms with Gasteiger partial charge in [-0.25, -0.2) is 4.90 Å². The Morgan fingerprint density at radius 1 is 0.818 bits per heavy atom. The number of hydrogen-bond donors (Lipinski definition) is 1. The van der Waals surface area contributed by atoms with Crippen molar-refractivity contribution in [2.45, 2.75) is 6.92 Å². The second-order valence-corrected chi connectivity index (χ2v) is 7.18. The molecule has 33 heavy (non-hydrogen) atoms. The highest BCUT2D eigenvalue weighted by Gasteiger charge is 2.41. The van der Waals surface area contributed by atoms with Gasteiger partial charge in [0.1, 0.15) is 22.9 Å². The van der Waals surface area contributed by atoms with E-state index in [-0.39, 0.29) is 11.3 Å². The Kier molecular flexibility index (Phi) is 6.31. The van der Waals surface area contributed by atoms with Crippen LogP contribution in [0.5, 0.6) is 17.2 Å². The molecule has 0 aromatic heterocycles. The lowest BCUT2D eigenvalue weighted by atomic mass is 10.0. The van der Waals surface area contributed by atoms with E-state index in [1.807, 2.05) is 25.1 Å². The second kappa shape index (κ2) is 9.48. The van der Waals surface area contributed by atoms with Crippen molar-refractivity contribution in [3.05, 3.63) is 84.1 Å². The number of nitrogens with one attached hydrogen (secondary N) is 1. The predicted octanol–water partition coefficient (Wildman–Crippen LogP) is 4.50. The van der Waals surface area contributed by atoms with Crippen LogP contribution in [-0.2, 0) is 9.59 Å². The Morgan fingerprint density at radius 3 is 2.27 bits per heavy atom. The zero-order valence-corrected chi connectivity index (χ0v) is 18.6. The molecule has 0 fully saturated rings. The largest absolute Gasteiger partial charge is 0.497 e. The van der Waals surface area contributed by atoms with Crippen LogP contribution in [-0.4, -0.2) is 32.6 Å². The first kappa shape index (κ1) is 22.0. The average molecular weight is 444 g/mol. The van der Waals surface area contributed by atoms with E-state index in [1.165, 1.54) is 7.11 Å². The maximum absolute atomic E-state index is 13.6. The number of rotatable bonds is 8. The van der Waals surface area contributed by atoms with Gasteiger partial charge in [-0.2, -0.15) is 0 Å². The van der Waals surface area contributed by atoms with Crippen LogP contribution in [0.3, 0.4) is 0 Å². The molecule has 7 heteroatoms. The summed E-state index contributed by atoms with van der Waals surface area (Å²) in [5.74, 6) is 0.812. The fourth-order valence-corrected chi connectivity index (χ4v) is 3.68. The van der Waals surface area contributed by atoms with Gasteiger partial charge in [0.05, 0.1) is 32.1 Å². The molecule has 2 amide bonds. The molecular weight excluding hydrogens is 420 g/mol. The van der Waals surface area contributed by atoms with Crippen molar-refractivity contribution < 1.29 is 23.8 Å². The number of anilines is 2. The molecule has 1 aliphatic heterocycles. The molecule has 0 atom stereocenters. The molecular formula is C26H24N2O5. The predicted molar refractivity (Wildman–Crippen MR) is 127 cm³/mol. The van der Waals surface area contributed by atoms with Gasteiger partial charge in [-0.05, 0) is 48.9 Å². The number of benzene rings is 3. The van der Waals surface area contributed by atoms with Gasteiger partial charge in [0.15, 0.2) is 0 Å². The number of amides is 2. The zero-order chi connectivity index (χ0) is 23.4. The summed E-state index contributed by atoms with van der Waals surface area (Å²) >= 11 is 0. The summed E-state index contributed by atoms with van der Waals surface area (Å²) in [6, 6.07) is 21.2. The van der Waals surface area contributed by atoms with Gasteiger partial charge in [-0.3, -0.25) is 9.59 Å². The van der Waals surface area contributed by atoms with Crippen LogP contribution in [0.4, 0.5) is 11.4 Å². The van der Waals surface area contributed by atoms with Gasteiger partial charge in [-0.1, -0.05) is 30.3 Å². The summed E-state index contributed by atoms with van der Waals surface area (Å²) in [5.41, 5.74) is 2.03. The van der Waals surface area contributed by atoms with Crippen LogP contribution in [0.1, 0.15) is 12.5 Å². The molecule has 0 radical (unpaired) electrons. The first-order valence-electron chi connectivity index (χ1n) is 10.5. The minimum Gasteiger partial charge on any atom is -0.497 e. The number of nitrogens with zero attached hydrogens (tertiary/aromatic N) is 1. The molecule has 0 spiro atoms. The Hall–Kier alpha value is -4.26. The number of methoxy groups -OCH3 is 2. The summed E-state index contributed by atoms with van der Waals surface area (Å²) in [6.07, 6.45) is 0. The van der Waals surface area contributed by atoms with E-state index >= 15 is 0 Å². The Labute approximate surface area is 192 Å². The average Bonchev–Trinajstić information content (AvgIpc) is 3.08. The summed E-state index contributed by atoms with van der Waals surface area (Å²) in [4.78, 5) is 28.3. The van der Waals surface area contributed by atoms with E-state index < -0.39 is 11.8 Å². The van der Waals surface area contributed by atoms with Crippen molar-refractivity contribution in [3.8, 4) is 17.2 Å². The van der Waals surface area contributed by atoms with E-state index in [1.54, 1.807) is 61.7 Å². The van der Waals surface area contributed by atoms with Crippen LogP contribution in [0.15, 0.2) is 78.5 Å². The molecule has 3 aromatic carbocycles. The van der Waals surface area contributed by atoms with Crippen LogP contribution in [0, 0.1) is 0 Å². The number of carbonyl (C=O) groups is 2. The van der Waals surface area contributed by atoms with E-state index in [0.29, 0.717) is 40.8 Å². The van der Waals surface area contributed by atoms with E-state index in [0.717, 1.165) is 4.90 Å². The third kappa shape index (κ3) is 4.25. The van der Waals surface area contributed by atoms with Crippen molar-refractivity contribution in [3.63, 3.8) is 0 Å². The van der Waals surface area contributed by atoms with E-state index in [2.05, 4.69) is 5.32 Å². The van der Waals surface area contributed by atoms with Crippen LogP contribution < -0.4 is 24.4 Å². The molecule has 0 aliphatic carbocycles. The lowest BCUT2D eigenvalue weighted by molar-refractivity contribution is -0.120. The van der Waals surface area contributed by atoms with Gasteiger partial charge >= 0.3 is 0 Å². The minimum atomic E-state index is -0.475. The van der Waals surface area contributed by atoms with Crippen LogP contribution in [0.25, 0.3) is 5.57 Å². The Morgan fingerprint density at radius 2 is 1.58 bits per heavy atom. The van der Waals surface area contributed by atoms with E-state index in [4.69, 9.17) is 14.2 Å². The minimum absolute atomic E-state index is 0.171. The Balaban J connectivity index is 1.81.